The lowest BCUT2D eigenvalue weighted by Gasteiger charge is -2.24. The van der Waals surface area contributed by atoms with Crippen LogP contribution < -0.4 is 11.1 Å². The Balaban J connectivity index is 1.72. The van der Waals surface area contributed by atoms with E-state index in [0.717, 1.165) is 32.4 Å². The van der Waals surface area contributed by atoms with Gasteiger partial charge < -0.3 is 11.1 Å². The van der Waals surface area contributed by atoms with Gasteiger partial charge in [-0.05, 0) is 52.6 Å². The van der Waals surface area contributed by atoms with Crippen LogP contribution in [0.3, 0.4) is 0 Å². The number of aromatic nitrogens is 2. The van der Waals surface area contributed by atoms with Gasteiger partial charge in [-0.1, -0.05) is 42.5 Å². The SMILES string of the molecule is N[C@H]1CC=CC[C@@H]1c1sc2c(NCc3ccccc3)nc(Cl)nc2c1I. The maximum atomic E-state index is 6.38. The number of anilines is 1. The fraction of sp³-hybridized carbons (Fsp3) is 0.263. The third kappa shape index (κ3) is 3.60. The number of hydrogen-bond acceptors (Lipinski definition) is 5. The van der Waals surface area contributed by atoms with Crippen molar-refractivity contribution in [2.24, 2.45) is 5.73 Å². The van der Waals surface area contributed by atoms with Gasteiger partial charge >= 0.3 is 0 Å². The summed E-state index contributed by atoms with van der Waals surface area (Å²) in [6, 6.07) is 10.4. The third-order valence-electron chi connectivity index (χ3n) is 4.60. The van der Waals surface area contributed by atoms with E-state index in [0.29, 0.717) is 12.5 Å². The molecule has 0 aliphatic heterocycles. The van der Waals surface area contributed by atoms with Gasteiger partial charge in [0.15, 0.2) is 0 Å². The molecule has 4 rings (SSSR count). The van der Waals surface area contributed by atoms with Crippen molar-refractivity contribution in [1.29, 1.82) is 0 Å². The summed E-state index contributed by atoms with van der Waals surface area (Å²) in [5.41, 5.74) is 8.49. The average molecular weight is 497 g/mol. The van der Waals surface area contributed by atoms with Crippen LogP contribution in [0, 0.1) is 3.57 Å². The van der Waals surface area contributed by atoms with E-state index in [4.69, 9.17) is 17.3 Å². The lowest BCUT2D eigenvalue weighted by molar-refractivity contribution is 0.527. The van der Waals surface area contributed by atoms with Crippen molar-refractivity contribution in [3.05, 3.63) is 61.8 Å². The van der Waals surface area contributed by atoms with Crippen molar-refractivity contribution in [2.45, 2.75) is 31.3 Å². The third-order valence-corrected chi connectivity index (χ3v) is 7.54. The van der Waals surface area contributed by atoms with Crippen molar-refractivity contribution < 1.29 is 0 Å². The van der Waals surface area contributed by atoms with Crippen LogP contribution in [0.5, 0.6) is 0 Å². The molecule has 3 N–H and O–H groups in total. The highest BCUT2D eigenvalue weighted by Gasteiger charge is 2.27. The minimum absolute atomic E-state index is 0.144. The van der Waals surface area contributed by atoms with E-state index in [1.807, 2.05) is 18.2 Å². The van der Waals surface area contributed by atoms with E-state index in [9.17, 15) is 0 Å². The zero-order chi connectivity index (χ0) is 18.1. The Kier molecular flexibility index (Phi) is 5.45. The standard InChI is InChI=1S/C19H18ClIN4S/c20-19-24-15-14(21)16(12-8-4-5-9-13(12)22)26-17(15)18(25-19)23-10-11-6-2-1-3-7-11/h1-7,12-13H,8-10,22H2,(H,23,24,25)/t12-,13-/m0/s1. The molecule has 26 heavy (non-hydrogen) atoms. The minimum Gasteiger partial charge on any atom is -0.365 e. The van der Waals surface area contributed by atoms with Crippen LogP contribution in [-0.2, 0) is 6.54 Å². The van der Waals surface area contributed by atoms with Crippen LogP contribution in [-0.4, -0.2) is 16.0 Å². The molecule has 0 amide bonds. The van der Waals surface area contributed by atoms with E-state index in [2.05, 4.69) is 62.2 Å². The van der Waals surface area contributed by atoms with E-state index < -0.39 is 0 Å². The number of thiophene rings is 1. The summed E-state index contributed by atoms with van der Waals surface area (Å²) in [6.07, 6.45) is 6.28. The van der Waals surface area contributed by atoms with Crippen LogP contribution >= 0.6 is 45.5 Å². The second-order valence-corrected chi connectivity index (χ2v) is 8.82. The molecule has 0 spiro atoms. The molecule has 0 bridgehead atoms. The molecule has 2 heterocycles. The molecular weight excluding hydrogens is 479 g/mol. The summed E-state index contributed by atoms with van der Waals surface area (Å²) in [5, 5.41) is 3.69. The van der Waals surface area contributed by atoms with Crippen LogP contribution in [0.1, 0.15) is 29.2 Å². The Bertz CT molecular complexity index is 957. The molecule has 0 radical (unpaired) electrons. The zero-order valence-corrected chi connectivity index (χ0v) is 17.7. The van der Waals surface area contributed by atoms with Gasteiger partial charge in [0.1, 0.15) is 11.3 Å². The molecule has 1 aromatic carbocycles. The van der Waals surface area contributed by atoms with E-state index >= 15 is 0 Å². The molecule has 134 valence electrons. The normalized spacial score (nSPS) is 19.8. The molecular formula is C19H18ClIN4S. The number of nitrogens with zero attached hydrogens (tertiary/aromatic N) is 2. The van der Waals surface area contributed by atoms with Crippen LogP contribution in [0.2, 0.25) is 5.28 Å². The number of rotatable bonds is 4. The quantitative estimate of drug-likeness (QED) is 0.291. The Morgan fingerprint density at radius 2 is 1.96 bits per heavy atom. The highest BCUT2D eigenvalue weighted by molar-refractivity contribution is 14.1. The van der Waals surface area contributed by atoms with Crippen molar-refractivity contribution >= 4 is 61.6 Å². The number of allylic oxidation sites excluding steroid dienone is 1. The van der Waals surface area contributed by atoms with Crippen molar-refractivity contribution in [3.8, 4) is 0 Å². The summed E-state index contributed by atoms with van der Waals surface area (Å²) < 4.78 is 2.19. The van der Waals surface area contributed by atoms with E-state index in [1.54, 1.807) is 11.3 Å². The molecule has 0 saturated heterocycles. The van der Waals surface area contributed by atoms with Crippen LogP contribution in [0.4, 0.5) is 5.82 Å². The molecule has 4 nitrogen and oxygen atoms in total. The monoisotopic (exact) mass is 496 g/mol. The summed E-state index contributed by atoms with van der Waals surface area (Å²) in [6.45, 7) is 0.693. The van der Waals surface area contributed by atoms with Gasteiger partial charge in [0.05, 0.1) is 8.27 Å². The topological polar surface area (TPSA) is 63.8 Å². The highest BCUT2D eigenvalue weighted by Crippen LogP contribution is 2.42. The van der Waals surface area contributed by atoms with Crippen molar-refractivity contribution in [1.82, 2.24) is 9.97 Å². The summed E-state index contributed by atoms with van der Waals surface area (Å²) in [5.74, 6) is 1.12. The number of hydrogen-bond donors (Lipinski definition) is 2. The smallest absolute Gasteiger partial charge is 0.225 e. The molecule has 1 aliphatic rings. The molecule has 7 heteroatoms. The summed E-state index contributed by atoms with van der Waals surface area (Å²) >= 11 is 10.3. The molecule has 0 fully saturated rings. The van der Waals surface area contributed by atoms with Gasteiger partial charge in [0, 0.05) is 23.4 Å². The first-order valence-electron chi connectivity index (χ1n) is 8.47. The van der Waals surface area contributed by atoms with Gasteiger partial charge in [-0.25, -0.2) is 4.98 Å². The molecule has 2 aromatic heterocycles. The highest BCUT2D eigenvalue weighted by atomic mass is 127. The first kappa shape index (κ1) is 18.2. The Labute approximate surface area is 175 Å². The summed E-state index contributed by atoms with van der Waals surface area (Å²) in [4.78, 5) is 10.2. The van der Waals surface area contributed by atoms with E-state index in [1.165, 1.54) is 10.4 Å². The van der Waals surface area contributed by atoms with E-state index in [-0.39, 0.29) is 11.3 Å². The van der Waals surface area contributed by atoms with Crippen molar-refractivity contribution in [3.63, 3.8) is 0 Å². The molecule has 3 aromatic rings. The number of nitrogens with two attached hydrogens (primary N) is 1. The predicted octanol–water partition coefficient (Wildman–Crippen LogP) is 5.32. The van der Waals surface area contributed by atoms with Gasteiger partial charge in [-0.15, -0.1) is 11.3 Å². The largest absolute Gasteiger partial charge is 0.365 e. The molecule has 0 saturated carbocycles. The van der Waals surface area contributed by atoms with Gasteiger partial charge in [-0.2, -0.15) is 4.98 Å². The lowest BCUT2D eigenvalue weighted by atomic mass is 9.88. The Morgan fingerprint density at radius 1 is 1.19 bits per heavy atom. The van der Waals surface area contributed by atoms with Gasteiger partial charge in [-0.3, -0.25) is 0 Å². The number of benzene rings is 1. The Hall–Kier alpha value is -1.22. The molecule has 2 atom stereocenters. The fourth-order valence-electron chi connectivity index (χ4n) is 3.22. The zero-order valence-electron chi connectivity index (χ0n) is 14.0. The lowest BCUT2D eigenvalue weighted by Crippen LogP contribution is -2.29. The van der Waals surface area contributed by atoms with Crippen LogP contribution in [0.15, 0.2) is 42.5 Å². The molecule has 1 aliphatic carbocycles. The number of nitrogens with one attached hydrogen (secondary N) is 1. The maximum absolute atomic E-state index is 6.38. The van der Waals surface area contributed by atoms with Gasteiger partial charge in [0.2, 0.25) is 5.28 Å². The first-order valence-corrected chi connectivity index (χ1v) is 10.7. The predicted molar refractivity (Wildman–Crippen MR) is 118 cm³/mol. The second-order valence-electron chi connectivity index (χ2n) is 6.35. The molecule has 0 unspecified atom stereocenters. The van der Waals surface area contributed by atoms with Crippen molar-refractivity contribution in [2.75, 3.05) is 5.32 Å². The fourth-order valence-corrected chi connectivity index (χ4v) is 5.98. The Morgan fingerprint density at radius 3 is 2.73 bits per heavy atom. The minimum atomic E-state index is 0.144. The second kappa shape index (κ2) is 7.80. The number of halogens is 2. The maximum Gasteiger partial charge on any atom is 0.225 e. The first-order chi connectivity index (χ1) is 12.6. The number of fused-ring (bicyclic) bond motifs is 1. The van der Waals surface area contributed by atoms with Crippen LogP contribution in [0.25, 0.3) is 10.2 Å². The van der Waals surface area contributed by atoms with Gasteiger partial charge in [0.25, 0.3) is 0 Å². The summed E-state index contributed by atoms with van der Waals surface area (Å²) in [7, 11) is 0. The average Bonchev–Trinajstić information content (AvgIpc) is 2.98.